The minimum atomic E-state index is -0.688. The number of rotatable bonds is 7. The number of primary amides is 1. The average molecular weight is 260 g/mol. The summed E-state index contributed by atoms with van der Waals surface area (Å²) in [6.45, 7) is 0.690. The second-order valence-electron chi connectivity index (χ2n) is 3.42. The minimum absolute atomic E-state index is 0.0595. The number of nitrogens with one attached hydrogen (secondary N) is 1. The summed E-state index contributed by atoms with van der Waals surface area (Å²) in [6, 6.07) is 3.95. The van der Waals surface area contributed by atoms with Crippen molar-refractivity contribution >= 4 is 11.7 Å². The molecule has 0 spiro atoms. The van der Waals surface area contributed by atoms with E-state index in [9.17, 15) is 4.79 Å². The van der Waals surface area contributed by atoms with E-state index >= 15 is 0 Å². The Morgan fingerprint density at radius 1 is 1.42 bits per heavy atom. The Morgan fingerprint density at radius 2 is 2.05 bits per heavy atom. The lowest BCUT2D eigenvalue weighted by Gasteiger charge is -2.13. The fourth-order valence-corrected chi connectivity index (χ4v) is 1.21. The zero-order chi connectivity index (χ0) is 14.1. The van der Waals surface area contributed by atoms with E-state index in [1.807, 2.05) is 12.1 Å². The molecule has 1 aromatic heterocycles. The van der Waals surface area contributed by atoms with Crippen LogP contribution in [-0.2, 0) is 0 Å². The Hall–Kier alpha value is -2.94. The van der Waals surface area contributed by atoms with Crippen LogP contribution in [0.4, 0.5) is 5.82 Å². The van der Waals surface area contributed by atoms with E-state index in [2.05, 4.69) is 20.3 Å². The molecular weight excluding hydrogens is 248 g/mol. The lowest BCUT2D eigenvalue weighted by molar-refractivity contribution is 0.0996. The molecule has 0 aromatic carbocycles. The Bertz CT molecular complexity index is 516. The predicted octanol–water partition coefficient (Wildman–Crippen LogP) is 0.637. The van der Waals surface area contributed by atoms with Crippen LogP contribution in [0.1, 0.15) is 23.3 Å². The minimum Gasteiger partial charge on any atom is -0.364 e. The van der Waals surface area contributed by atoms with Gasteiger partial charge in [0.05, 0.1) is 44.4 Å². The number of carbonyl (C=O) groups excluding carboxylic acids is 1. The summed E-state index contributed by atoms with van der Waals surface area (Å²) >= 11 is 0. The first-order chi connectivity index (χ1) is 9.19. The van der Waals surface area contributed by atoms with Gasteiger partial charge in [-0.1, -0.05) is 5.22 Å². The van der Waals surface area contributed by atoms with Crippen molar-refractivity contribution in [3.63, 3.8) is 0 Å². The topological polar surface area (TPSA) is 147 Å². The summed E-state index contributed by atoms with van der Waals surface area (Å²) in [6.07, 6.45) is 1.80. The number of aromatic nitrogens is 2. The second kappa shape index (κ2) is 7.40. The molecule has 9 nitrogen and oxygen atoms in total. The molecule has 9 heteroatoms. The van der Waals surface area contributed by atoms with Gasteiger partial charge in [-0.05, 0) is 0 Å². The molecule has 98 valence electrons. The van der Waals surface area contributed by atoms with Crippen LogP contribution in [0, 0.1) is 22.7 Å². The Morgan fingerprint density at radius 3 is 2.58 bits per heavy atom. The number of imidazole rings is 1. The van der Waals surface area contributed by atoms with Crippen LogP contribution in [0.3, 0.4) is 0 Å². The quantitative estimate of drug-likeness (QED) is 0.545. The third-order valence-corrected chi connectivity index (χ3v) is 2.10. The molecule has 0 aliphatic carbocycles. The number of nitriles is 2. The van der Waals surface area contributed by atoms with Gasteiger partial charge in [-0.3, -0.25) is 9.80 Å². The predicted molar refractivity (Wildman–Crippen MR) is 63.7 cm³/mol. The van der Waals surface area contributed by atoms with Gasteiger partial charge in [-0.25, -0.2) is 4.98 Å². The van der Waals surface area contributed by atoms with Crippen LogP contribution in [-0.4, -0.2) is 34.0 Å². The van der Waals surface area contributed by atoms with E-state index in [0.717, 1.165) is 0 Å². The second-order valence-corrected chi connectivity index (χ2v) is 3.42. The molecule has 0 radical (unpaired) electrons. The largest absolute Gasteiger partial charge is 0.364 e. The Kier molecular flexibility index (Phi) is 5.50. The maximum atomic E-state index is 11.0. The van der Waals surface area contributed by atoms with Crippen LogP contribution in [0.25, 0.3) is 0 Å². The van der Waals surface area contributed by atoms with Crippen LogP contribution in [0.15, 0.2) is 16.7 Å². The molecule has 0 atom stereocenters. The van der Waals surface area contributed by atoms with Crippen LogP contribution < -0.4 is 5.73 Å². The van der Waals surface area contributed by atoms with Crippen LogP contribution >= 0.6 is 0 Å². The molecule has 0 aliphatic rings. The fourth-order valence-electron chi connectivity index (χ4n) is 1.21. The van der Waals surface area contributed by atoms with Gasteiger partial charge in [-0.2, -0.15) is 10.5 Å². The third kappa shape index (κ3) is 4.44. The smallest absolute Gasteiger partial charge is 0.269 e. The molecule has 1 heterocycles. The van der Waals surface area contributed by atoms with Gasteiger partial charge in [0.2, 0.25) is 5.82 Å². The van der Waals surface area contributed by atoms with E-state index in [1.54, 1.807) is 0 Å². The number of carbonyl (C=O) groups is 1. The summed E-state index contributed by atoms with van der Waals surface area (Å²) in [4.78, 5) is 17.4. The molecule has 0 bridgehead atoms. The van der Waals surface area contributed by atoms with Gasteiger partial charge in [0.1, 0.15) is 0 Å². The maximum absolute atomic E-state index is 11.0. The van der Waals surface area contributed by atoms with Crippen molar-refractivity contribution < 1.29 is 4.79 Å². The summed E-state index contributed by atoms with van der Waals surface area (Å²) in [5, 5.41) is 26.1. The molecule has 0 fully saturated rings. The van der Waals surface area contributed by atoms with E-state index in [4.69, 9.17) is 16.3 Å². The van der Waals surface area contributed by atoms with Crippen molar-refractivity contribution in [1.82, 2.24) is 15.0 Å². The highest BCUT2D eigenvalue weighted by Crippen LogP contribution is 2.13. The van der Waals surface area contributed by atoms with Gasteiger partial charge < -0.3 is 10.7 Å². The summed E-state index contributed by atoms with van der Waals surface area (Å²) in [7, 11) is 0. The fraction of sp³-hybridized carbons (Fsp3) is 0.400. The monoisotopic (exact) mass is 260 g/mol. The van der Waals surface area contributed by atoms with Crippen molar-refractivity contribution in [1.29, 1.82) is 10.5 Å². The van der Waals surface area contributed by atoms with Crippen LogP contribution in [0.2, 0.25) is 0 Å². The first-order valence-electron chi connectivity index (χ1n) is 5.42. The van der Waals surface area contributed by atoms with Crippen molar-refractivity contribution in [3.05, 3.63) is 12.0 Å². The molecule has 0 saturated carbocycles. The van der Waals surface area contributed by atoms with E-state index in [1.165, 1.54) is 11.3 Å². The highest BCUT2D eigenvalue weighted by atomic mass is 16.1. The number of amides is 1. The zero-order valence-electron chi connectivity index (χ0n) is 10.1. The third-order valence-electron chi connectivity index (χ3n) is 2.10. The van der Waals surface area contributed by atoms with Gasteiger partial charge in [0.25, 0.3) is 5.91 Å². The Balaban J connectivity index is 2.74. The molecule has 1 amide bonds. The van der Waals surface area contributed by atoms with E-state index < -0.39 is 5.91 Å². The number of hydrogen-bond donors (Lipinski definition) is 2. The normalized spacial score (nSPS) is 10.0. The SMILES string of the molecule is N#CCCN(CCC#N)/N=N/c1nc[nH]c1C(N)=O. The van der Waals surface area contributed by atoms with E-state index in [0.29, 0.717) is 13.1 Å². The van der Waals surface area contributed by atoms with Gasteiger partial charge in [-0.15, -0.1) is 5.11 Å². The highest BCUT2D eigenvalue weighted by Gasteiger charge is 2.10. The summed E-state index contributed by atoms with van der Waals surface area (Å²) in [5.74, 6) is -0.613. The molecule has 1 aromatic rings. The lowest BCUT2D eigenvalue weighted by Crippen LogP contribution is -2.19. The number of hydrogen-bond acceptors (Lipinski definition) is 6. The molecular formula is C10H12N8O. The molecule has 0 unspecified atom stereocenters. The number of H-pyrrole nitrogens is 1. The lowest BCUT2D eigenvalue weighted by atomic mass is 10.4. The van der Waals surface area contributed by atoms with Gasteiger partial charge in [0.15, 0.2) is 5.69 Å². The van der Waals surface area contributed by atoms with Crippen molar-refractivity contribution in [2.45, 2.75) is 12.8 Å². The average Bonchev–Trinajstić information content (AvgIpc) is 2.86. The van der Waals surface area contributed by atoms with Gasteiger partial charge >= 0.3 is 0 Å². The first-order valence-corrected chi connectivity index (χ1v) is 5.42. The standard InChI is InChI=1S/C10H12N8O/c11-3-1-5-18(6-2-4-12)17-16-10-8(9(13)19)14-7-15-10/h7H,1-2,5-6H2,(H2,13,19)(H,14,15)/b17-16+. The maximum Gasteiger partial charge on any atom is 0.269 e. The van der Waals surface area contributed by atoms with Crippen molar-refractivity contribution in [3.8, 4) is 12.1 Å². The number of aromatic amines is 1. The summed E-state index contributed by atoms with van der Waals surface area (Å²) in [5.41, 5.74) is 5.17. The molecule has 19 heavy (non-hydrogen) atoms. The summed E-state index contributed by atoms with van der Waals surface area (Å²) < 4.78 is 0. The molecule has 0 aliphatic heterocycles. The first kappa shape index (κ1) is 14.1. The molecule has 0 saturated heterocycles. The Labute approximate surface area is 109 Å². The van der Waals surface area contributed by atoms with Crippen molar-refractivity contribution in [2.24, 2.45) is 16.1 Å². The molecule has 3 N–H and O–H groups in total. The van der Waals surface area contributed by atoms with Crippen molar-refractivity contribution in [2.75, 3.05) is 13.1 Å². The van der Waals surface area contributed by atoms with Gasteiger partial charge in [0, 0.05) is 0 Å². The van der Waals surface area contributed by atoms with E-state index in [-0.39, 0.29) is 24.4 Å². The number of nitrogens with zero attached hydrogens (tertiary/aromatic N) is 6. The zero-order valence-corrected chi connectivity index (χ0v) is 10.1. The molecule has 1 rings (SSSR count). The highest BCUT2D eigenvalue weighted by molar-refractivity contribution is 5.94. The van der Waals surface area contributed by atoms with Crippen LogP contribution in [0.5, 0.6) is 0 Å². The number of nitrogens with two attached hydrogens (primary N) is 1.